The Bertz CT molecular complexity index is 526. The zero-order valence-corrected chi connectivity index (χ0v) is 11.2. The van der Waals surface area contributed by atoms with E-state index in [9.17, 15) is 0 Å². The molecular formula is C16H20N2O. The molecule has 2 aromatic carbocycles. The van der Waals surface area contributed by atoms with Crippen LogP contribution in [0.4, 0.5) is 5.69 Å². The van der Waals surface area contributed by atoms with Crippen LogP contribution in [0.2, 0.25) is 0 Å². The van der Waals surface area contributed by atoms with Crippen LogP contribution >= 0.6 is 0 Å². The van der Waals surface area contributed by atoms with Gasteiger partial charge in [0.15, 0.2) is 0 Å². The number of benzene rings is 2. The third-order valence-corrected chi connectivity index (χ3v) is 3.00. The van der Waals surface area contributed by atoms with Crippen LogP contribution in [0.25, 0.3) is 0 Å². The Labute approximate surface area is 114 Å². The number of hydrogen-bond acceptors (Lipinski definition) is 3. The van der Waals surface area contributed by atoms with Crippen LogP contribution < -0.4 is 11.1 Å². The number of nitrogens with two attached hydrogens (primary N) is 1. The molecular weight excluding hydrogens is 236 g/mol. The molecule has 0 aliphatic heterocycles. The third kappa shape index (κ3) is 4.09. The molecule has 3 N–H and O–H groups in total. The number of hydrogen-bond donors (Lipinski definition) is 2. The van der Waals surface area contributed by atoms with Gasteiger partial charge in [0.2, 0.25) is 0 Å². The van der Waals surface area contributed by atoms with E-state index in [1.165, 1.54) is 11.1 Å². The molecule has 2 rings (SSSR count). The van der Waals surface area contributed by atoms with Crippen LogP contribution in [0.3, 0.4) is 0 Å². The van der Waals surface area contributed by atoms with Gasteiger partial charge in [-0.2, -0.15) is 0 Å². The molecule has 0 aliphatic carbocycles. The lowest BCUT2D eigenvalue weighted by molar-refractivity contribution is 0.185. The number of rotatable bonds is 6. The molecule has 0 saturated heterocycles. The average Bonchev–Trinajstić information content (AvgIpc) is 2.42. The maximum Gasteiger partial charge on any atom is 0.0713 e. The van der Waals surface area contributed by atoms with Gasteiger partial charge in [-0.15, -0.1) is 0 Å². The van der Waals surface area contributed by atoms with Crippen LogP contribution in [-0.4, -0.2) is 7.11 Å². The van der Waals surface area contributed by atoms with Crippen molar-refractivity contribution in [3.05, 3.63) is 65.2 Å². The van der Waals surface area contributed by atoms with Gasteiger partial charge in [0.25, 0.3) is 0 Å². The Morgan fingerprint density at radius 1 is 1.00 bits per heavy atom. The van der Waals surface area contributed by atoms with Crippen LogP contribution in [0.1, 0.15) is 16.7 Å². The van der Waals surface area contributed by atoms with Crippen molar-refractivity contribution in [3.63, 3.8) is 0 Å². The van der Waals surface area contributed by atoms with E-state index in [0.29, 0.717) is 6.61 Å². The summed E-state index contributed by atoms with van der Waals surface area (Å²) in [7, 11) is 1.71. The lowest BCUT2D eigenvalue weighted by Crippen LogP contribution is -2.14. The van der Waals surface area contributed by atoms with E-state index < -0.39 is 0 Å². The van der Waals surface area contributed by atoms with Crippen molar-refractivity contribution in [1.82, 2.24) is 5.32 Å². The number of nitrogens with one attached hydrogen (secondary N) is 1. The fourth-order valence-electron chi connectivity index (χ4n) is 2.03. The van der Waals surface area contributed by atoms with E-state index in [-0.39, 0.29) is 0 Å². The second-order valence-electron chi connectivity index (χ2n) is 4.56. The van der Waals surface area contributed by atoms with Crippen LogP contribution in [0, 0.1) is 0 Å². The molecule has 3 nitrogen and oxygen atoms in total. The SMILES string of the molecule is COCc1cccc(CNCc2ccccc2N)c1. The fourth-order valence-corrected chi connectivity index (χ4v) is 2.03. The van der Waals surface area contributed by atoms with Gasteiger partial charge in [0, 0.05) is 25.9 Å². The summed E-state index contributed by atoms with van der Waals surface area (Å²) in [6.07, 6.45) is 0. The van der Waals surface area contributed by atoms with E-state index in [0.717, 1.165) is 24.3 Å². The summed E-state index contributed by atoms with van der Waals surface area (Å²) in [5, 5.41) is 3.41. The Kier molecular flexibility index (Phi) is 4.95. The molecule has 0 fully saturated rings. The minimum Gasteiger partial charge on any atom is -0.398 e. The van der Waals surface area contributed by atoms with E-state index in [2.05, 4.69) is 29.6 Å². The molecule has 2 aromatic rings. The average molecular weight is 256 g/mol. The first-order valence-electron chi connectivity index (χ1n) is 6.40. The molecule has 100 valence electrons. The van der Waals surface area contributed by atoms with Gasteiger partial charge >= 0.3 is 0 Å². The van der Waals surface area contributed by atoms with Crippen LogP contribution in [-0.2, 0) is 24.4 Å². The fraction of sp³-hybridized carbons (Fsp3) is 0.250. The largest absolute Gasteiger partial charge is 0.398 e. The van der Waals surface area contributed by atoms with Gasteiger partial charge in [0.05, 0.1) is 6.61 Å². The molecule has 0 unspecified atom stereocenters. The number of methoxy groups -OCH3 is 1. The highest BCUT2D eigenvalue weighted by atomic mass is 16.5. The van der Waals surface area contributed by atoms with E-state index in [1.54, 1.807) is 7.11 Å². The summed E-state index contributed by atoms with van der Waals surface area (Å²) in [4.78, 5) is 0. The Hall–Kier alpha value is -1.84. The van der Waals surface area contributed by atoms with Gasteiger partial charge in [-0.3, -0.25) is 0 Å². The summed E-state index contributed by atoms with van der Waals surface area (Å²) in [5.41, 5.74) is 10.3. The number of ether oxygens (including phenoxy) is 1. The highest BCUT2D eigenvalue weighted by Crippen LogP contribution is 2.11. The van der Waals surface area contributed by atoms with Gasteiger partial charge in [-0.05, 0) is 22.8 Å². The smallest absolute Gasteiger partial charge is 0.0713 e. The summed E-state index contributed by atoms with van der Waals surface area (Å²) in [6.45, 7) is 2.26. The minimum atomic E-state index is 0.652. The molecule has 0 atom stereocenters. The highest BCUT2D eigenvalue weighted by molar-refractivity contribution is 5.46. The minimum absolute atomic E-state index is 0.652. The molecule has 3 heteroatoms. The third-order valence-electron chi connectivity index (χ3n) is 3.00. The molecule has 0 heterocycles. The molecule has 0 bridgehead atoms. The highest BCUT2D eigenvalue weighted by Gasteiger charge is 1.99. The van der Waals surface area contributed by atoms with Crippen molar-refractivity contribution in [1.29, 1.82) is 0 Å². The lowest BCUT2D eigenvalue weighted by atomic mass is 10.1. The second-order valence-corrected chi connectivity index (χ2v) is 4.56. The van der Waals surface area contributed by atoms with E-state index in [4.69, 9.17) is 10.5 Å². The predicted octanol–water partition coefficient (Wildman–Crippen LogP) is 2.71. The summed E-state index contributed by atoms with van der Waals surface area (Å²) < 4.78 is 5.14. The van der Waals surface area contributed by atoms with Crippen molar-refractivity contribution in [2.24, 2.45) is 0 Å². The quantitative estimate of drug-likeness (QED) is 0.781. The van der Waals surface area contributed by atoms with Gasteiger partial charge < -0.3 is 15.8 Å². The van der Waals surface area contributed by atoms with E-state index in [1.807, 2.05) is 24.3 Å². The zero-order chi connectivity index (χ0) is 13.5. The Morgan fingerprint density at radius 2 is 1.79 bits per heavy atom. The molecule has 0 amide bonds. The van der Waals surface area contributed by atoms with Crippen molar-refractivity contribution < 1.29 is 4.74 Å². The molecule has 0 aromatic heterocycles. The second kappa shape index (κ2) is 6.92. The zero-order valence-electron chi connectivity index (χ0n) is 11.2. The summed E-state index contributed by atoms with van der Waals surface area (Å²) in [5.74, 6) is 0. The maximum atomic E-state index is 5.91. The van der Waals surface area contributed by atoms with Crippen molar-refractivity contribution in [2.45, 2.75) is 19.7 Å². The van der Waals surface area contributed by atoms with Gasteiger partial charge in [0.1, 0.15) is 0 Å². The molecule has 0 aliphatic rings. The van der Waals surface area contributed by atoms with Crippen LogP contribution in [0.5, 0.6) is 0 Å². The number of nitrogen functional groups attached to an aromatic ring is 1. The normalized spacial score (nSPS) is 10.6. The van der Waals surface area contributed by atoms with E-state index >= 15 is 0 Å². The standard InChI is InChI=1S/C16H20N2O/c1-19-12-14-6-4-5-13(9-14)10-18-11-15-7-2-3-8-16(15)17/h2-9,18H,10-12,17H2,1H3. The topological polar surface area (TPSA) is 47.3 Å². The monoisotopic (exact) mass is 256 g/mol. The molecule has 0 spiro atoms. The molecule has 0 saturated carbocycles. The van der Waals surface area contributed by atoms with Gasteiger partial charge in [-0.1, -0.05) is 42.5 Å². The molecule has 19 heavy (non-hydrogen) atoms. The van der Waals surface area contributed by atoms with Crippen molar-refractivity contribution in [3.8, 4) is 0 Å². The van der Waals surface area contributed by atoms with Crippen LogP contribution in [0.15, 0.2) is 48.5 Å². The number of anilines is 1. The first kappa shape index (κ1) is 13.6. The Balaban J connectivity index is 1.89. The predicted molar refractivity (Wildman–Crippen MR) is 78.6 cm³/mol. The summed E-state index contributed by atoms with van der Waals surface area (Å²) >= 11 is 0. The van der Waals surface area contributed by atoms with Gasteiger partial charge in [-0.25, -0.2) is 0 Å². The van der Waals surface area contributed by atoms with Crippen molar-refractivity contribution >= 4 is 5.69 Å². The molecule has 0 radical (unpaired) electrons. The lowest BCUT2D eigenvalue weighted by Gasteiger charge is -2.08. The first-order valence-corrected chi connectivity index (χ1v) is 6.40. The Morgan fingerprint density at radius 3 is 2.58 bits per heavy atom. The van der Waals surface area contributed by atoms with Crippen molar-refractivity contribution in [2.75, 3.05) is 12.8 Å². The number of para-hydroxylation sites is 1. The maximum absolute atomic E-state index is 5.91. The summed E-state index contributed by atoms with van der Waals surface area (Å²) in [6, 6.07) is 16.3. The first-order chi connectivity index (χ1) is 9.29.